The van der Waals surface area contributed by atoms with Gasteiger partial charge in [-0.05, 0) is 60.9 Å². The maximum absolute atomic E-state index is 12.5. The summed E-state index contributed by atoms with van der Waals surface area (Å²) in [6.07, 6.45) is 1.48. The lowest BCUT2D eigenvalue weighted by atomic mass is 10.1. The van der Waals surface area contributed by atoms with Crippen LogP contribution in [0.25, 0.3) is 6.08 Å². The van der Waals surface area contributed by atoms with Gasteiger partial charge in [0.15, 0.2) is 0 Å². The minimum Gasteiger partial charge on any atom is -0.487 e. The minimum atomic E-state index is -0.524. The smallest absolute Gasteiger partial charge is 0.266 e. The number of halogens is 2. The molecule has 6 heteroatoms. The molecule has 0 saturated heterocycles. The number of nitrogens with zero attached hydrogens (tertiary/aromatic N) is 1. The van der Waals surface area contributed by atoms with Crippen molar-refractivity contribution >= 4 is 40.9 Å². The molecular weight excluding hydrogens is 431 g/mol. The van der Waals surface area contributed by atoms with Crippen LogP contribution < -0.4 is 10.1 Å². The van der Waals surface area contributed by atoms with E-state index in [1.165, 1.54) is 6.08 Å². The Morgan fingerprint density at radius 3 is 2.55 bits per heavy atom. The number of carbonyl (C=O) groups excluding carboxylic acids is 1. The van der Waals surface area contributed by atoms with E-state index in [0.29, 0.717) is 33.7 Å². The highest BCUT2D eigenvalue weighted by atomic mass is 35.5. The van der Waals surface area contributed by atoms with Gasteiger partial charge in [0.05, 0.1) is 5.02 Å². The average Bonchev–Trinajstić information content (AvgIpc) is 2.74. The predicted molar refractivity (Wildman–Crippen MR) is 125 cm³/mol. The van der Waals surface area contributed by atoms with Crippen LogP contribution in [0.15, 0.2) is 66.2 Å². The number of hydrogen-bond acceptors (Lipinski definition) is 3. The number of nitriles is 1. The van der Waals surface area contributed by atoms with Crippen LogP contribution in [0.4, 0.5) is 5.69 Å². The molecule has 31 heavy (non-hydrogen) atoms. The molecule has 0 radical (unpaired) electrons. The predicted octanol–water partition coefficient (Wildman–Crippen LogP) is 6.73. The maximum Gasteiger partial charge on any atom is 0.266 e. The second kappa shape index (κ2) is 10.2. The van der Waals surface area contributed by atoms with Gasteiger partial charge in [0.1, 0.15) is 24.0 Å². The lowest BCUT2D eigenvalue weighted by Crippen LogP contribution is -2.14. The summed E-state index contributed by atoms with van der Waals surface area (Å²) in [7, 11) is 0. The summed E-state index contributed by atoms with van der Waals surface area (Å²) in [4.78, 5) is 12.5. The molecule has 0 heterocycles. The molecule has 0 unspecified atom stereocenters. The molecule has 3 rings (SSSR count). The van der Waals surface area contributed by atoms with Crippen molar-refractivity contribution in [1.29, 1.82) is 5.26 Å². The molecular formula is C25H20Cl2N2O2. The maximum atomic E-state index is 12.5. The molecule has 0 saturated carbocycles. The Bertz CT molecular complexity index is 1200. The van der Waals surface area contributed by atoms with Crippen molar-refractivity contribution in [3.8, 4) is 11.8 Å². The lowest BCUT2D eigenvalue weighted by molar-refractivity contribution is -0.112. The number of aryl methyl sites for hydroxylation is 1. The van der Waals surface area contributed by atoms with E-state index in [2.05, 4.69) is 5.32 Å². The van der Waals surface area contributed by atoms with Crippen molar-refractivity contribution in [3.05, 3.63) is 98.5 Å². The van der Waals surface area contributed by atoms with Crippen molar-refractivity contribution < 1.29 is 9.53 Å². The van der Waals surface area contributed by atoms with Crippen molar-refractivity contribution in [2.24, 2.45) is 0 Å². The summed E-state index contributed by atoms with van der Waals surface area (Å²) >= 11 is 12.4. The largest absolute Gasteiger partial charge is 0.487 e. The van der Waals surface area contributed by atoms with E-state index in [1.54, 1.807) is 43.3 Å². The molecule has 0 aliphatic heterocycles. The van der Waals surface area contributed by atoms with Crippen LogP contribution in [0.3, 0.4) is 0 Å². The number of nitrogens with one attached hydrogen (secondary N) is 1. The van der Waals surface area contributed by atoms with Gasteiger partial charge in [0, 0.05) is 10.7 Å². The van der Waals surface area contributed by atoms with Crippen molar-refractivity contribution in [3.63, 3.8) is 0 Å². The summed E-state index contributed by atoms with van der Waals surface area (Å²) in [5.41, 5.74) is 4.04. The summed E-state index contributed by atoms with van der Waals surface area (Å²) in [5.74, 6) is 0.00148. The van der Waals surface area contributed by atoms with Gasteiger partial charge in [-0.15, -0.1) is 0 Å². The second-order valence-corrected chi connectivity index (χ2v) is 7.82. The van der Waals surface area contributed by atoms with Gasteiger partial charge in [-0.2, -0.15) is 5.26 Å². The number of amides is 1. The van der Waals surface area contributed by atoms with Crippen LogP contribution in [0.1, 0.15) is 22.3 Å². The quantitative estimate of drug-likeness (QED) is 0.334. The standard InChI is InChI=1S/C25H20Cl2N2O2/c1-16-5-3-6-19(11-16)15-31-24-10-9-18(13-22(24)27)12-20(14-28)25(30)29-23-8-4-7-21(26)17(23)2/h3-13H,15H2,1-2H3,(H,29,30)/b20-12+. The number of ether oxygens (including phenoxy) is 1. The van der Waals surface area contributed by atoms with E-state index < -0.39 is 5.91 Å². The highest BCUT2D eigenvalue weighted by Gasteiger charge is 2.12. The lowest BCUT2D eigenvalue weighted by Gasteiger charge is -2.10. The van der Waals surface area contributed by atoms with Gasteiger partial charge >= 0.3 is 0 Å². The Morgan fingerprint density at radius 1 is 1.06 bits per heavy atom. The molecule has 0 bridgehead atoms. The van der Waals surface area contributed by atoms with Crippen LogP contribution >= 0.6 is 23.2 Å². The first kappa shape index (κ1) is 22.4. The minimum absolute atomic E-state index is 0.0520. The topological polar surface area (TPSA) is 62.1 Å². The molecule has 1 N–H and O–H groups in total. The Morgan fingerprint density at radius 2 is 1.84 bits per heavy atom. The summed E-state index contributed by atoms with van der Waals surface area (Å²) < 4.78 is 5.81. The van der Waals surface area contributed by atoms with Gasteiger partial charge in [-0.1, -0.05) is 65.2 Å². The average molecular weight is 451 g/mol. The monoisotopic (exact) mass is 450 g/mol. The van der Waals surface area contributed by atoms with Crippen molar-refractivity contribution in [2.75, 3.05) is 5.32 Å². The Labute approximate surface area is 191 Å². The first-order valence-electron chi connectivity index (χ1n) is 9.53. The van der Waals surface area contributed by atoms with E-state index in [9.17, 15) is 10.1 Å². The molecule has 3 aromatic carbocycles. The first-order chi connectivity index (χ1) is 14.9. The normalized spacial score (nSPS) is 11.0. The number of benzene rings is 3. The highest BCUT2D eigenvalue weighted by molar-refractivity contribution is 6.32. The van der Waals surface area contributed by atoms with Crippen LogP contribution in [0.2, 0.25) is 10.0 Å². The second-order valence-electron chi connectivity index (χ2n) is 7.00. The molecule has 0 aromatic heterocycles. The summed E-state index contributed by atoms with van der Waals surface area (Å²) in [6.45, 7) is 4.21. The van der Waals surface area contributed by atoms with Gasteiger partial charge in [0.2, 0.25) is 0 Å². The van der Waals surface area contributed by atoms with E-state index >= 15 is 0 Å². The Balaban J connectivity index is 1.73. The molecule has 4 nitrogen and oxygen atoms in total. The molecule has 0 spiro atoms. The first-order valence-corrected chi connectivity index (χ1v) is 10.3. The van der Waals surface area contributed by atoms with E-state index in [0.717, 1.165) is 16.7 Å². The Hall–Kier alpha value is -3.26. The van der Waals surface area contributed by atoms with Gasteiger partial charge in [-0.3, -0.25) is 4.79 Å². The molecule has 3 aromatic rings. The van der Waals surface area contributed by atoms with Crippen LogP contribution in [0, 0.1) is 25.2 Å². The SMILES string of the molecule is Cc1cccc(COc2ccc(/C=C(\C#N)C(=O)Nc3cccc(Cl)c3C)cc2Cl)c1. The van der Waals surface area contributed by atoms with Crippen molar-refractivity contribution in [1.82, 2.24) is 0 Å². The van der Waals surface area contributed by atoms with E-state index in [4.69, 9.17) is 27.9 Å². The molecule has 0 aliphatic rings. The summed E-state index contributed by atoms with van der Waals surface area (Å²) in [5, 5.41) is 13.1. The number of rotatable bonds is 6. The van der Waals surface area contributed by atoms with Crippen LogP contribution in [-0.2, 0) is 11.4 Å². The third kappa shape index (κ3) is 5.88. The molecule has 0 fully saturated rings. The molecule has 1 amide bonds. The number of hydrogen-bond donors (Lipinski definition) is 1. The zero-order chi connectivity index (χ0) is 22.4. The van der Waals surface area contributed by atoms with Crippen molar-refractivity contribution in [2.45, 2.75) is 20.5 Å². The van der Waals surface area contributed by atoms with Gasteiger partial charge in [0.25, 0.3) is 5.91 Å². The fraction of sp³-hybridized carbons (Fsp3) is 0.120. The van der Waals surface area contributed by atoms with Gasteiger partial charge < -0.3 is 10.1 Å². The fourth-order valence-electron chi connectivity index (χ4n) is 2.93. The number of anilines is 1. The molecule has 156 valence electrons. The molecule has 0 aliphatic carbocycles. The molecule has 0 atom stereocenters. The van der Waals surface area contributed by atoms with Crippen LogP contribution in [0.5, 0.6) is 5.75 Å². The summed E-state index contributed by atoms with van der Waals surface area (Å²) in [6, 6.07) is 20.3. The van der Waals surface area contributed by atoms with Crippen LogP contribution in [-0.4, -0.2) is 5.91 Å². The third-order valence-electron chi connectivity index (χ3n) is 4.62. The van der Waals surface area contributed by atoms with E-state index in [-0.39, 0.29) is 5.57 Å². The highest BCUT2D eigenvalue weighted by Crippen LogP contribution is 2.28. The van der Waals surface area contributed by atoms with Gasteiger partial charge in [-0.25, -0.2) is 0 Å². The zero-order valence-electron chi connectivity index (χ0n) is 17.1. The zero-order valence-corrected chi connectivity index (χ0v) is 18.6. The fourth-order valence-corrected chi connectivity index (χ4v) is 3.35. The third-order valence-corrected chi connectivity index (χ3v) is 5.33. The number of carbonyl (C=O) groups is 1. The van der Waals surface area contributed by atoms with E-state index in [1.807, 2.05) is 37.3 Å². The Kier molecular flexibility index (Phi) is 7.36.